The number of hydrogen-bond donors (Lipinski definition) is 7. The number of nitrogens with two attached hydrogens (primary N) is 2. The smallest absolute Gasteiger partial charge is 0.250 e. The molecule has 0 aliphatic carbocycles. The van der Waals surface area contributed by atoms with E-state index in [0.717, 1.165) is 5.01 Å². The fraction of sp³-hybridized carbons (Fsp3) is 0.310. The van der Waals surface area contributed by atoms with E-state index in [1.165, 1.54) is 43.5 Å². The number of anilines is 1. The molecule has 234 valence electrons. The normalized spacial score (nSPS) is 20.6. The zero-order chi connectivity index (χ0) is 32.0. The second-order valence-electron chi connectivity index (χ2n) is 9.84. The van der Waals surface area contributed by atoms with Crippen molar-refractivity contribution in [1.82, 2.24) is 15.5 Å². The number of halogens is 2. The molecule has 15 heteroatoms. The van der Waals surface area contributed by atoms with Crippen LogP contribution in [0.15, 0.2) is 71.7 Å². The maximum absolute atomic E-state index is 16.6. The molecule has 3 atom stereocenters. The number of hydroxylamine groups is 2. The van der Waals surface area contributed by atoms with Crippen LogP contribution >= 0.6 is 0 Å². The quantitative estimate of drug-likeness (QED) is 0.112. The van der Waals surface area contributed by atoms with Crippen molar-refractivity contribution in [3.63, 3.8) is 0 Å². The maximum Gasteiger partial charge on any atom is 0.250 e. The van der Waals surface area contributed by atoms with E-state index in [1.807, 2.05) is 0 Å². The number of guanidine groups is 1. The highest BCUT2D eigenvalue weighted by molar-refractivity contribution is 5.95. The van der Waals surface area contributed by atoms with E-state index in [0.29, 0.717) is 12.3 Å². The van der Waals surface area contributed by atoms with Crippen molar-refractivity contribution in [3.8, 4) is 17.2 Å². The van der Waals surface area contributed by atoms with Crippen LogP contribution in [0.2, 0.25) is 0 Å². The van der Waals surface area contributed by atoms with Gasteiger partial charge in [-0.25, -0.2) is 24.0 Å². The van der Waals surface area contributed by atoms with Crippen LogP contribution in [0.5, 0.6) is 17.2 Å². The number of aromatic hydroxyl groups is 1. The van der Waals surface area contributed by atoms with E-state index in [9.17, 15) is 9.90 Å². The first kappa shape index (κ1) is 32.0. The molecule has 13 nitrogen and oxygen atoms in total. The van der Waals surface area contributed by atoms with Crippen molar-refractivity contribution in [1.29, 1.82) is 10.8 Å². The molecule has 0 amide bonds. The summed E-state index contributed by atoms with van der Waals surface area (Å²) in [6.07, 6.45) is -0.0635. The van der Waals surface area contributed by atoms with Gasteiger partial charge in [0.2, 0.25) is 6.23 Å². The van der Waals surface area contributed by atoms with Gasteiger partial charge in [0.05, 0.1) is 12.6 Å². The first-order chi connectivity index (χ1) is 21.1. The Balaban J connectivity index is 1.81. The van der Waals surface area contributed by atoms with Gasteiger partial charge in [-0.1, -0.05) is 6.07 Å². The molecule has 0 radical (unpaired) electrons. The molecule has 1 fully saturated rings. The third kappa shape index (κ3) is 6.98. The number of hydrazine groups is 1. The molecule has 4 rings (SSSR count). The number of rotatable bonds is 11. The molecule has 2 heterocycles. The summed E-state index contributed by atoms with van der Waals surface area (Å²) in [5.41, 5.74) is 14.0. The van der Waals surface area contributed by atoms with E-state index in [1.54, 1.807) is 30.1 Å². The third-order valence-electron chi connectivity index (χ3n) is 6.99. The molecule has 9 N–H and O–H groups in total. The Labute approximate surface area is 252 Å². The zero-order valence-corrected chi connectivity index (χ0v) is 24.1. The van der Waals surface area contributed by atoms with E-state index in [4.69, 9.17) is 36.6 Å². The number of nitrogens with one attached hydrogen (secondary N) is 4. The summed E-state index contributed by atoms with van der Waals surface area (Å²) in [6.45, 7) is 2.39. The number of ether oxygens (including phenoxy) is 2. The highest BCUT2D eigenvalue weighted by atomic mass is 19.1. The van der Waals surface area contributed by atoms with E-state index in [2.05, 4.69) is 10.7 Å². The molecule has 0 spiro atoms. The molecule has 2 aliphatic heterocycles. The Morgan fingerprint density at radius 2 is 2.00 bits per heavy atom. The highest BCUT2D eigenvalue weighted by Crippen LogP contribution is 2.43. The molecular weight excluding hydrogens is 578 g/mol. The van der Waals surface area contributed by atoms with Gasteiger partial charge in [-0.3, -0.25) is 15.7 Å². The minimum Gasteiger partial charge on any atom is -0.504 e. The van der Waals surface area contributed by atoms with Crippen molar-refractivity contribution >= 4 is 23.4 Å². The van der Waals surface area contributed by atoms with Crippen molar-refractivity contribution < 1.29 is 33.0 Å². The minimum absolute atomic E-state index is 0.119. The molecule has 3 unspecified atom stereocenters. The summed E-state index contributed by atoms with van der Waals surface area (Å²) >= 11 is 0. The molecule has 0 aromatic heterocycles. The third-order valence-corrected chi connectivity index (χ3v) is 6.99. The number of benzene rings is 2. The number of hydrogen-bond acceptors (Lipinski definition) is 10. The molecule has 2 aromatic rings. The molecule has 0 saturated carbocycles. The lowest BCUT2D eigenvalue weighted by molar-refractivity contribution is -0.187. The van der Waals surface area contributed by atoms with Crippen LogP contribution < -0.4 is 31.7 Å². The van der Waals surface area contributed by atoms with E-state index < -0.39 is 35.7 Å². The SMILES string of the molecule is CCON1CCC(C2=C(F)C(Oc3cc(C(=N)N)ccc3O)N(NC)C(Oc3cccc(NC(=N)N)c3)=C2F)CC1C=C=O. The van der Waals surface area contributed by atoms with Gasteiger partial charge < -0.3 is 31.4 Å². The average molecular weight is 613 g/mol. The van der Waals surface area contributed by atoms with Crippen molar-refractivity contribution in [2.45, 2.75) is 32.0 Å². The average Bonchev–Trinajstić information content (AvgIpc) is 2.98. The Morgan fingerprint density at radius 3 is 2.66 bits per heavy atom. The first-order valence-electron chi connectivity index (χ1n) is 13.7. The fourth-order valence-electron chi connectivity index (χ4n) is 5.06. The summed E-state index contributed by atoms with van der Waals surface area (Å²) in [7, 11) is 1.40. The molecule has 0 bridgehead atoms. The highest BCUT2D eigenvalue weighted by Gasteiger charge is 2.44. The summed E-state index contributed by atoms with van der Waals surface area (Å²) in [5, 5.41) is 30.9. The van der Waals surface area contributed by atoms with Crippen LogP contribution in [-0.4, -0.2) is 65.4 Å². The van der Waals surface area contributed by atoms with Gasteiger partial charge in [0, 0.05) is 42.6 Å². The number of nitrogen functional groups attached to an aromatic ring is 1. The number of piperidine rings is 1. The van der Waals surface area contributed by atoms with Crippen molar-refractivity contribution in [2.75, 3.05) is 25.5 Å². The number of amidine groups is 1. The van der Waals surface area contributed by atoms with Gasteiger partial charge in [0.25, 0.3) is 5.88 Å². The predicted molar refractivity (Wildman–Crippen MR) is 158 cm³/mol. The molecular formula is C29H34F2N8O5. The van der Waals surface area contributed by atoms with Gasteiger partial charge in [-0.05, 0) is 56.0 Å². The summed E-state index contributed by atoms with van der Waals surface area (Å²) < 4.78 is 45.0. The Hall–Kier alpha value is -4.95. The Kier molecular flexibility index (Phi) is 10.2. The van der Waals surface area contributed by atoms with Crippen LogP contribution in [0.4, 0.5) is 14.5 Å². The minimum atomic E-state index is -1.69. The number of allylic oxidation sites excluding steroid dienone is 2. The predicted octanol–water partition coefficient (Wildman–Crippen LogP) is 3.00. The number of phenolic OH excluding ortho intramolecular Hbond substituents is 1. The molecule has 2 aromatic carbocycles. The number of phenols is 1. The van der Waals surface area contributed by atoms with Gasteiger partial charge in [0.1, 0.15) is 17.5 Å². The fourth-order valence-corrected chi connectivity index (χ4v) is 5.06. The Bertz CT molecular complexity index is 1530. The lowest BCUT2D eigenvalue weighted by atomic mass is 9.83. The second kappa shape index (κ2) is 14.0. The van der Waals surface area contributed by atoms with Gasteiger partial charge in [-0.2, -0.15) is 5.06 Å². The monoisotopic (exact) mass is 612 g/mol. The van der Waals surface area contributed by atoms with E-state index in [-0.39, 0.29) is 59.6 Å². The van der Waals surface area contributed by atoms with Crippen LogP contribution in [-0.2, 0) is 9.63 Å². The van der Waals surface area contributed by atoms with Crippen LogP contribution in [0.25, 0.3) is 0 Å². The van der Waals surface area contributed by atoms with E-state index >= 15 is 8.78 Å². The summed E-state index contributed by atoms with van der Waals surface area (Å²) in [4.78, 5) is 16.9. The zero-order valence-electron chi connectivity index (χ0n) is 24.1. The number of carbonyl (C=O) groups excluding carboxylic acids is 1. The van der Waals surface area contributed by atoms with Gasteiger partial charge in [-0.15, -0.1) is 0 Å². The number of nitrogens with zero attached hydrogens (tertiary/aromatic N) is 2. The van der Waals surface area contributed by atoms with Crippen LogP contribution in [0, 0.1) is 16.7 Å². The lowest BCUT2D eigenvalue weighted by Crippen LogP contribution is -2.51. The Morgan fingerprint density at radius 1 is 1.23 bits per heavy atom. The summed E-state index contributed by atoms with van der Waals surface area (Å²) in [6, 6.07) is 9.48. The topological polar surface area (TPSA) is 195 Å². The van der Waals surface area contributed by atoms with Crippen LogP contribution in [0.3, 0.4) is 0 Å². The molecule has 1 saturated heterocycles. The maximum atomic E-state index is 16.6. The van der Waals surface area contributed by atoms with Crippen molar-refractivity contribution in [3.05, 3.63) is 77.2 Å². The van der Waals surface area contributed by atoms with Gasteiger partial charge in [0.15, 0.2) is 29.1 Å². The van der Waals surface area contributed by atoms with Crippen molar-refractivity contribution in [2.24, 2.45) is 17.4 Å². The largest absolute Gasteiger partial charge is 0.504 e. The summed E-state index contributed by atoms with van der Waals surface area (Å²) in [5.74, 6) is -2.59. The molecule has 2 aliphatic rings. The van der Waals surface area contributed by atoms with Crippen LogP contribution in [0.1, 0.15) is 25.3 Å². The lowest BCUT2D eigenvalue weighted by Gasteiger charge is -2.41. The van der Waals surface area contributed by atoms with Gasteiger partial charge >= 0.3 is 0 Å². The second-order valence-corrected chi connectivity index (χ2v) is 9.84. The molecule has 44 heavy (non-hydrogen) atoms. The first-order valence-corrected chi connectivity index (χ1v) is 13.7. The standard InChI is InChI=1S/C29H34F2N8O5/c1-3-42-38-11-9-16(13-19(38)10-12-40)23-24(30)27(43-20-6-4-5-18(15-20)37-29(34)35)39(36-2)28(25(23)31)44-22-14-17(26(32)33)7-8-21(22)41/h4-8,10,14-16,19,28,36,41H,3,9,11,13H2,1-2H3,(H3,32,33)(H4,34,35,37).